The highest BCUT2D eigenvalue weighted by Crippen LogP contribution is 2.43. The number of ether oxygens (including phenoxy) is 2. The van der Waals surface area contributed by atoms with Crippen molar-refractivity contribution < 1.29 is 19.7 Å². The summed E-state index contributed by atoms with van der Waals surface area (Å²) in [6.07, 6.45) is 0.773. The molecule has 4 nitrogen and oxygen atoms in total. The van der Waals surface area contributed by atoms with Crippen LogP contribution in [0.5, 0.6) is 23.0 Å². The van der Waals surface area contributed by atoms with Crippen molar-refractivity contribution in [3.63, 3.8) is 0 Å². The van der Waals surface area contributed by atoms with Gasteiger partial charge < -0.3 is 19.7 Å². The van der Waals surface area contributed by atoms with Gasteiger partial charge in [-0.2, -0.15) is 0 Å². The topological polar surface area (TPSA) is 58.9 Å². The van der Waals surface area contributed by atoms with E-state index in [2.05, 4.69) is 0 Å². The van der Waals surface area contributed by atoms with E-state index >= 15 is 0 Å². The van der Waals surface area contributed by atoms with E-state index in [-0.39, 0.29) is 17.4 Å². The van der Waals surface area contributed by atoms with Crippen molar-refractivity contribution in [1.82, 2.24) is 0 Å². The summed E-state index contributed by atoms with van der Waals surface area (Å²) < 4.78 is 10.8. The summed E-state index contributed by atoms with van der Waals surface area (Å²) in [7, 11) is 1.64. The van der Waals surface area contributed by atoms with Crippen LogP contribution >= 0.6 is 0 Å². The Kier molecular flexibility index (Phi) is 3.14. The Bertz CT molecular complexity index is 619. The van der Waals surface area contributed by atoms with Crippen molar-refractivity contribution in [2.24, 2.45) is 0 Å². The standard InChI is InChI=1S/C16H16O4/c1-19-13-5-2-10(3-6-13)12-8-11-4-7-14(17)15(18)16(11)20-9-12/h2-7,12,17-18H,8-9H2,1H3/t12-/m1/s1. The van der Waals surface area contributed by atoms with Gasteiger partial charge in [-0.25, -0.2) is 0 Å². The third-order valence-electron chi connectivity index (χ3n) is 3.67. The Balaban J connectivity index is 1.86. The second-order valence-corrected chi connectivity index (χ2v) is 4.91. The third-order valence-corrected chi connectivity index (χ3v) is 3.67. The molecule has 1 heterocycles. The molecule has 1 atom stereocenters. The molecular formula is C16H16O4. The first-order valence-corrected chi connectivity index (χ1v) is 6.49. The largest absolute Gasteiger partial charge is 0.504 e. The number of rotatable bonds is 2. The molecule has 4 heteroatoms. The van der Waals surface area contributed by atoms with E-state index in [1.54, 1.807) is 13.2 Å². The van der Waals surface area contributed by atoms with Gasteiger partial charge in [-0.15, -0.1) is 0 Å². The minimum Gasteiger partial charge on any atom is -0.504 e. The number of aromatic hydroxyl groups is 2. The van der Waals surface area contributed by atoms with Gasteiger partial charge in [0.05, 0.1) is 13.7 Å². The maximum atomic E-state index is 9.78. The molecule has 0 aromatic heterocycles. The molecule has 0 unspecified atom stereocenters. The Morgan fingerprint density at radius 3 is 2.55 bits per heavy atom. The van der Waals surface area contributed by atoms with Crippen molar-refractivity contribution in [3.05, 3.63) is 47.5 Å². The van der Waals surface area contributed by atoms with Gasteiger partial charge in [0.25, 0.3) is 0 Å². The second kappa shape index (κ2) is 4.96. The first-order valence-electron chi connectivity index (χ1n) is 6.49. The summed E-state index contributed by atoms with van der Waals surface area (Å²) in [4.78, 5) is 0. The van der Waals surface area contributed by atoms with Crippen molar-refractivity contribution in [2.75, 3.05) is 13.7 Å². The van der Waals surface area contributed by atoms with Gasteiger partial charge in [0, 0.05) is 5.92 Å². The van der Waals surface area contributed by atoms with Crippen LogP contribution in [-0.2, 0) is 6.42 Å². The molecule has 3 rings (SSSR count). The monoisotopic (exact) mass is 272 g/mol. The summed E-state index contributed by atoms with van der Waals surface area (Å²) in [5.74, 6) is 1.14. The van der Waals surface area contributed by atoms with Crippen LogP contribution in [0.2, 0.25) is 0 Å². The molecule has 0 amide bonds. The van der Waals surface area contributed by atoms with Crippen LogP contribution in [0.15, 0.2) is 36.4 Å². The van der Waals surface area contributed by atoms with Gasteiger partial charge in [-0.3, -0.25) is 0 Å². The lowest BCUT2D eigenvalue weighted by Gasteiger charge is -2.26. The summed E-state index contributed by atoms with van der Waals surface area (Å²) >= 11 is 0. The number of hydrogen-bond donors (Lipinski definition) is 2. The van der Waals surface area contributed by atoms with Crippen LogP contribution in [0.25, 0.3) is 0 Å². The van der Waals surface area contributed by atoms with Crippen LogP contribution in [-0.4, -0.2) is 23.9 Å². The molecule has 20 heavy (non-hydrogen) atoms. The lowest BCUT2D eigenvalue weighted by Crippen LogP contribution is -2.19. The molecule has 0 aliphatic carbocycles. The van der Waals surface area contributed by atoms with Gasteiger partial charge in [0.15, 0.2) is 11.5 Å². The van der Waals surface area contributed by atoms with E-state index in [1.165, 1.54) is 11.6 Å². The van der Waals surface area contributed by atoms with Gasteiger partial charge in [0.2, 0.25) is 5.75 Å². The van der Waals surface area contributed by atoms with Crippen LogP contribution in [0.3, 0.4) is 0 Å². The first kappa shape index (κ1) is 12.7. The Labute approximate surface area is 117 Å². The fraction of sp³-hybridized carbons (Fsp3) is 0.250. The summed E-state index contributed by atoms with van der Waals surface area (Å²) in [5.41, 5.74) is 2.08. The average molecular weight is 272 g/mol. The highest BCUT2D eigenvalue weighted by atomic mass is 16.5. The first-order chi connectivity index (χ1) is 9.69. The molecule has 0 spiro atoms. The number of benzene rings is 2. The number of methoxy groups -OCH3 is 1. The van der Waals surface area contributed by atoms with E-state index in [0.29, 0.717) is 12.4 Å². The third kappa shape index (κ3) is 2.13. The Morgan fingerprint density at radius 1 is 1.10 bits per heavy atom. The number of hydrogen-bond acceptors (Lipinski definition) is 4. The molecule has 104 valence electrons. The van der Waals surface area contributed by atoms with Gasteiger partial charge >= 0.3 is 0 Å². The number of phenols is 2. The number of fused-ring (bicyclic) bond motifs is 1. The molecular weight excluding hydrogens is 256 g/mol. The molecule has 1 aliphatic heterocycles. The summed E-state index contributed by atoms with van der Waals surface area (Å²) in [6, 6.07) is 11.2. The Hall–Kier alpha value is -2.36. The van der Waals surface area contributed by atoms with E-state index < -0.39 is 0 Å². The molecule has 2 N–H and O–H groups in total. The highest BCUT2D eigenvalue weighted by Gasteiger charge is 2.25. The number of phenolic OH excluding ortho intramolecular Hbond substituents is 2. The molecule has 2 aromatic rings. The van der Waals surface area contributed by atoms with E-state index in [1.807, 2.05) is 24.3 Å². The molecule has 0 bridgehead atoms. The van der Waals surface area contributed by atoms with E-state index in [4.69, 9.17) is 9.47 Å². The van der Waals surface area contributed by atoms with E-state index in [0.717, 1.165) is 17.7 Å². The van der Waals surface area contributed by atoms with Gasteiger partial charge in [0.1, 0.15) is 5.75 Å². The van der Waals surface area contributed by atoms with Crippen molar-refractivity contribution >= 4 is 0 Å². The molecule has 0 fully saturated rings. The molecule has 0 radical (unpaired) electrons. The van der Waals surface area contributed by atoms with Crippen molar-refractivity contribution in [1.29, 1.82) is 0 Å². The molecule has 1 aliphatic rings. The van der Waals surface area contributed by atoms with Gasteiger partial charge in [-0.05, 0) is 35.7 Å². The van der Waals surface area contributed by atoms with Crippen molar-refractivity contribution in [3.8, 4) is 23.0 Å². The predicted molar refractivity (Wildman–Crippen MR) is 74.7 cm³/mol. The maximum absolute atomic E-state index is 9.78. The highest BCUT2D eigenvalue weighted by molar-refractivity contribution is 5.55. The minimum atomic E-state index is -0.171. The quantitative estimate of drug-likeness (QED) is 0.825. The Morgan fingerprint density at radius 2 is 1.85 bits per heavy atom. The van der Waals surface area contributed by atoms with Crippen LogP contribution in [0, 0.1) is 0 Å². The SMILES string of the molecule is COc1ccc([C@H]2COc3c(ccc(O)c3O)C2)cc1. The van der Waals surface area contributed by atoms with E-state index in [9.17, 15) is 10.2 Å². The lowest BCUT2D eigenvalue weighted by molar-refractivity contribution is 0.246. The fourth-order valence-corrected chi connectivity index (χ4v) is 2.52. The summed E-state index contributed by atoms with van der Waals surface area (Å²) in [5, 5.41) is 19.2. The van der Waals surface area contributed by atoms with Gasteiger partial charge in [-0.1, -0.05) is 18.2 Å². The van der Waals surface area contributed by atoms with Crippen molar-refractivity contribution in [2.45, 2.75) is 12.3 Å². The normalized spacial score (nSPS) is 17.1. The fourth-order valence-electron chi connectivity index (χ4n) is 2.52. The molecule has 2 aromatic carbocycles. The lowest BCUT2D eigenvalue weighted by atomic mass is 9.90. The smallest absolute Gasteiger partial charge is 0.200 e. The maximum Gasteiger partial charge on any atom is 0.200 e. The predicted octanol–water partition coefficient (Wildman–Crippen LogP) is 2.83. The van der Waals surface area contributed by atoms with Crippen LogP contribution < -0.4 is 9.47 Å². The molecule has 0 saturated heterocycles. The van der Waals surface area contributed by atoms with Crippen LogP contribution in [0.1, 0.15) is 17.0 Å². The average Bonchev–Trinajstić information content (AvgIpc) is 2.51. The minimum absolute atomic E-state index is 0.147. The zero-order valence-electron chi connectivity index (χ0n) is 11.2. The zero-order chi connectivity index (χ0) is 14.1. The summed E-state index contributed by atoms with van der Waals surface area (Å²) in [6.45, 7) is 0.482. The molecule has 0 saturated carbocycles. The second-order valence-electron chi connectivity index (χ2n) is 4.91. The van der Waals surface area contributed by atoms with Crippen LogP contribution in [0.4, 0.5) is 0 Å². The zero-order valence-corrected chi connectivity index (χ0v) is 11.2.